The highest BCUT2D eigenvalue weighted by molar-refractivity contribution is 5.67. The van der Waals surface area contributed by atoms with Gasteiger partial charge >= 0.3 is 0 Å². The van der Waals surface area contributed by atoms with Crippen LogP contribution in [0.15, 0.2) is 18.3 Å². The minimum atomic E-state index is 0.458. The summed E-state index contributed by atoms with van der Waals surface area (Å²) in [5.41, 5.74) is 11.3. The van der Waals surface area contributed by atoms with Crippen LogP contribution in [-0.2, 0) is 0 Å². The molecule has 1 aromatic heterocycles. The summed E-state index contributed by atoms with van der Waals surface area (Å²) >= 11 is 0. The third kappa shape index (κ3) is 2.18. The molecule has 0 fully saturated rings. The smallest absolute Gasteiger partial charge is 0.137 e. The van der Waals surface area contributed by atoms with Crippen LogP contribution >= 0.6 is 0 Å². The minimum Gasteiger partial charge on any atom is -0.398 e. The lowest BCUT2D eigenvalue weighted by Gasteiger charge is -2.07. The quantitative estimate of drug-likeness (QED) is 0.775. The number of hydrogen-bond donors (Lipinski definition) is 2. The van der Waals surface area contributed by atoms with Crippen molar-refractivity contribution < 1.29 is 0 Å². The maximum Gasteiger partial charge on any atom is 0.137 e. The molecule has 0 saturated heterocycles. The average Bonchev–Trinajstić information content (AvgIpc) is 2.72. The molecule has 0 bridgehead atoms. The Morgan fingerprint density at radius 1 is 1.18 bits per heavy atom. The van der Waals surface area contributed by atoms with Crippen molar-refractivity contribution in [2.45, 2.75) is 33.6 Å². The monoisotopic (exact) mass is 229 g/mol. The van der Waals surface area contributed by atoms with Crippen molar-refractivity contribution in [1.29, 1.82) is 0 Å². The van der Waals surface area contributed by atoms with Gasteiger partial charge in [-0.15, -0.1) is 0 Å². The summed E-state index contributed by atoms with van der Waals surface area (Å²) in [7, 11) is 0. The molecule has 0 atom stereocenters. The minimum absolute atomic E-state index is 0.458. The van der Waals surface area contributed by atoms with Crippen LogP contribution in [0, 0.1) is 13.8 Å². The number of anilines is 1. The van der Waals surface area contributed by atoms with Crippen LogP contribution in [0.1, 0.15) is 36.6 Å². The van der Waals surface area contributed by atoms with Crippen LogP contribution in [0.2, 0.25) is 0 Å². The molecule has 0 radical (unpaired) electrons. The molecule has 90 valence electrons. The van der Waals surface area contributed by atoms with Crippen LogP contribution in [0.5, 0.6) is 0 Å². The molecule has 17 heavy (non-hydrogen) atoms. The van der Waals surface area contributed by atoms with E-state index in [4.69, 9.17) is 5.73 Å². The summed E-state index contributed by atoms with van der Waals surface area (Å²) in [5.74, 6) is 1.36. The maximum absolute atomic E-state index is 5.95. The maximum atomic E-state index is 5.95. The molecule has 0 spiro atoms. The molecule has 1 heterocycles. The van der Waals surface area contributed by atoms with Gasteiger partial charge in [0.05, 0.1) is 0 Å². The molecule has 0 saturated carbocycles. The normalized spacial score (nSPS) is 11.1. The number of nitrogens with zero attached hydrogens (tertiary/aromatic N) is 1. The van der Waals surface area contributed by atoms with Crippen molar-refractivity contribution >= 4 is 5.69 Å². The third-order valence-corrected chi connectivity index (χ3v) is 3.09. The van der Waals surface area contributed by atoms with E-state index >= 15 is 0 Å². The number of nitrogen functional groups attached to an aromatic ring is 1. The van der Waals surface area contributed by atoms with Gasteiger partial charge < -0.3 is 10.7 Å². The van der Waals surface area contributed by atoms with Crippen LogP contribution in [0.25, 0.3) is 11.4 Å². The predicted molar refractivity (Wildman–Crippen MR) is 72.0 cm³/mol. The van der Waals surface area contributed by atoms with Gasteiger partial charge in [0.2, 0.25) is 0 Å². The molecular formula is C14H19N3. The van der Waals surface area contributed by atoms with Crippen LogP contribution in [-0.4, -0.2) is 9.97 Å². The highest BCUT2D eigenvalue weighted by Crippen LogP contribution is 2.26. The molecule has 0 unspecified atom stereocenters. The highest BCUT2D eigenvalue weighted by Gasteiger charge is 2.10. The molecule has 2 aromatic rings. The first-order valence-corrected chi connectivity index (χ1v) is 5.91. The number of aryl methyl sites for hydroxylation is 2. The Morgan fingerprint density at radius 3 is 2.47 bits per heavy atom. The molecule has 3 heteroatoms. The van der Waals surface area contributed by atoms with Crippen LogP contribution in [0.3, 0.4) is 0 Å². The average molecular weight is 229 g/mol. The van der Waals surface area contributed by atoms with E-state index in [2.05, 4.69) is 36.8 Å². The fraction of sp³-hybridized carbons (Fsp3) is 0.357. The van der Waals surface area contributed by atoms with Gasteiger partial charge in [-0.2, -0.15) is 0 Å². The van der Waals surface area contributed by atoms with E-state index in [1.54, 1.807) is 0 Å². The summed E-state index contributed by atoms with van der Waals surface area (Å²) in [5, 5.41) is 0. The summed E-state index contributed by atoms with van der Waals surface area (Å²) in [4.78, 5) is 7.78. The van der Waals surface area contributed by atoms with Gasteiger partial charge in [0.15, 0.2) is 0 Å². The first-order valence-electron chi connectivity index (χ1n) is 5.91. The third-order valence-electron chi connectivity index (χ3n) is 3.09. The summed E-state index contributed by atoms with van der Waals surface area (Å²) in [6.07, 6.45) is 1.90. The molecule has 0 amide bonds. The first-order chi connectivity index (χ1) is 7.99. The number of hydrogen-bond acceptors (Lipinski definition) is 2. The zero-order valence-electron chi connectivity index (χ0n) is 10.8. The standard InChI is InChI=1S/C14H19N3/c1-8(2)13-7-16-14(17-13)11-6-12(15)10(4)5-9(11)3/h5-8H,15H2,1-4H3,(H,16,17). The lowest BCUT2D eigenvalue weighted by molar-refractivity contribution is 0.833. The Bertz CT molecular complexity index is 538. The van der Waals surface area contributed by atoms with E-state index < -0.39 is 0 Å². The summed E-state index contributed by atoms with van der Waals surface area (Å²) in [6.45, 7) is 8.40. The van der Waals surface area contributed by atoms with Gasteiger partial charge in [0, 0.05) is 23.1 Å². The second-order valence-electron chi connectivity index (χ2n) is 4.87. The molecular weight excluding hydrogens is 210 g/mol. The first kappa shape index (κ1) is 11.7. The molecule has 0 aliphatic carbocycles. The van der Waals surface area contributed by atoms with Crippen molar-refractivity contribution in [2.75, 3.05) is 5.73 Å². The number of nitrogens with two attached hydrogens (primary N) is 1. The molecule has 2 rings (SSSR count). The Kier molecular flexibility index (Phi) is 2.92. The van der Waals surface area contributed by atoms with Crippen molar-refractivity contribution in [3.63, 3.8) is 0 Å². The Hall–Kier alpha value is -1.77. The van der Waals surface area contributed by atoms with Gasteiger partial charge in [-0.05, 0) is 37.0 Å². The van der Waals surface area contributed by atoms with Crippen LogP contribution < -0.4 is 5.73 Å². The highest BCUT2D eigenvalue weighted by atomic mass is 14.9. The molecule has 0 aliphatic rings. The lowest BCUT2D eigenvalue weighted by Crippen LogP contribution is -1.94. The predicted octanol–water partition coefficient (Wildman–Crippen LogP) is 3.40. The number of nitrogens with one attached hydrogen (secondary N) is 1. The SMILES string of the molecule is Cc1cc(C)c(-c2ncc(C(C)C)[nH]2)cc1N. The Labute approximate surface area is 102 Å². The Morgan fingerprint density at radius 2 is 1.88 bits per heavy atom. The second-order valence-corrected chi connectivity index (χ2v) is 4.87. The number of aromatic amines is 1. The number of aromatic nitrogens is 2. The van der Waals surface area contributed by atoms with Crippen molar-refractivity contribution in [3.05, 3.63) is 35.2 Å². The molecule has 3 nitrogen and oxygen atoms in total. The van der Waals surface area contributed by atoms with Gasteiger partial charge in [0.1, 0.15) is 5.82 Å². The van der Waals surface area contributed by atoms with E-state index in [9.17, 15) is 0 Å². The molecule has 3 N–H and O–H groups in total. The number of benzene rings is 1. The topological polar surface area (TPSA) is 54.7 Å². The van der Waals surface area contributed by atoms with E-state index in [0.717, 1.165) is 28.3 Å². The fourth-order valence-electron chi connectivity index (χ4n) is 1.89. The molecule has 0 aliphatic heterocycles. The lowest BCUT2D eigenvalue weighted by atomic mass is 10.0. The van der Waals surface area contributed by atoms with Crippen molar-refractivity contribution in [2.24, 2.45) is 0 Å². The largest absolute Gasteiger partial charge is 0.398 e. The number of rotatable bonds is 2. The number of imidazole rings is 1. The Balaban J connectivity index is 2.49. The van der Waals surface area contributed by atoms with Gasteiger partial charge in [-0.3, -0.25) is 0 Å². The zero-order chi connectivity index (χ0) is 12.6. The van der Waals surface area contributed by atoms with Crippen LogP contribution in [0.4, 0.5) is 5.69 Å². The zero-order valence-corrected chi connectivity index (χ0v) is 10.8. The summed E-state index contributed by atoms with van der Waals surface area (Å²) in [6, 6.07) is 4.09. The van der Waals surface area contributed by atoms with E-state index in [1.807, 2.05) is 19.2 Å². The van der Waals surface area contributed by atoms with Gasteiger partial charge in [-0.1, -0.05) is 19.9 Å². The molecule has 1 aromatic carbocycles. The van der Waals surface area contributed by atoms with Gasteiger partial charge in [0.25, 0.3) is 0 Å². The van der Waals surface area contributed by atoms with Crippen molar-refractivity contribution in [1.82, 2.24) is 9.97 Å². The van der Waals surface area contributed by atoms with E-state index in [-0.39, 0.29) is 0 Å². The fourth-order valence-corrected chi connectivity index (χ4v) is 1.89. The number of H-pyrrole nitrogens is 1. The van der Waals surface area contributed by atoms with Crippen molar-refractivity contribution in [3.8, 4) is 11.4 Å². The van der Waals surface area contributed by atoms with E-state index in [0.29, 0.717) is 5.92 Å². The van der Waals surface area contributed by atoms with E-state index in [1.165, 1.54) is 5.56 Å². The summed E-state index contributed by atoms with van der Waals surface area (Å²) < 4.78 is 0. The second kappa shape index (κ2) is 4.24. The van der Waals surface area contributed by atoms with Gasteiger partial charge in [-0.25, -0.2) is 4.98 Å².